The molecule has 1 atom stereocenters. The lowest BCUT2D eigenvalue weighted by Gasteiger charge is -2.16. The van der Waals surface area contributed by atoms with E-state index in [0.717, 1.165) is 25.2 Å². The quantitative estimate of drug-likeness (QED) is 0.477. The van der Waals surface area contributed by atoms with Gasteiger partial charge in [-0.05, 0) is 36.6 Å². The predicted molar refractivity (Wildman–Crippen MR) is 106 cm³/mol. The van der Waals surface area contributed by atoms with Gasteiger partial charge in [0.1, 0.15) is 0 Å². The van der Waals surface area contributed by atoms with E-state index in [0.29, 0.717) is 27.6 Å². The SMILES string of the molecule is O=c1c2ccc(Cl)cc2nc(SCc2ccccc2)n1C[C@@H]1CCCO1. The lowest BCUT2D eigenvalue weighted by molar-refractivity contribution is 0.0937. The third-order valence-electron chi connectivity index (χ3n) is 4.50. The summed E-state index contributed by atoms with van der Waals surface area (Å²) in [4.78, 5) is 17.8. The van der Waals surface area contributed by atoms with Crippen molar-refractivity contribution in [1.82, 2.24) is 9.55 Å². The van der Waals surface area contributed by atoms with Crippen LogP contribution < -0.4 is 5.56 Å². The van der Waals surface area contributed by atoms with Gasteiger partial charge in [-0.15, -0.1) is 0 Å². The zero-order valence-electron chi connectivity index (χ0n) is 14.2. The zero-order chi connectivity index (χ0) is 17.9. The Kier molecular flexibility index (Phi) is 5.29. The molecule has 0 aliphatic carbocycles. The van der Waals surface area contributed by atoms with Gasteiger partial charge in [-0.3, -0.25) is 9.36 Å². The predicted octanol–water partition coefficient (Wildman–Crippen LogP) is 4.52. The Morgan fingerprint density at radius 1 is 1.23 bits per heavy atom. The first-order chi connectivity index (χ1) is 12.7. The van der Waals surface area contributed by atoms with Crippen LogP contribution >= 0.6 is 23.4 Å². The molecule has 6 heteroatoms. The number of ether oxygens (including phenoxy) is 1. The minimum atomic E-state index is -0.0299. The summed E-state index contributed by atoms with van der Waals surface area (Å²) in [6.07, 6.45) is 2.10. The highest BCUT2D eigenvalue weighted by atomic mass is 35.5. The summed E-state index contributed by atoms with van der Waals surface area (Å²) in [5, 5.41) is 1.89. The summed E-state index contributed by atoms with van der Waals surface area (Å²) in [6.45, 7) is 1.31. The molecule has 1 fully saturated rings. The minimum Gasteiger partial charge on any atom is -0.376 e. The minimum absolute atomic E-state index is 0.0299. The van der Waals surface area contributed by atoms with Gasteiger partial charge in [0.05, 0.1) is 23.6 Å². The fourth-order valence-corrected chi connectivity index (χ4v) is 4.29. The third-order valence-corrected chi connectivity index (χ3v) is 5.79. The fraction of sp³-hybridized carbons (Fsp3) is 0.300. The zero-order valence-corrected chi connectivity index (χ0v) is 15.8. The van der Waals surface area contributed by atoms with Crippen LogP contribution in [0.3, 0.4) is 0 Å². The van der Waals surface area contributed by atoms with Crippen molar-refractivity contribution >= 4 is 34.3 Å². The van der Waals surface area contributed by atoms with Gasteiger partial charge in [-0.2, -0.15) is 0 Å². The Hall–Kier alpha value is -1.82. The van der Waals surface area contributed by atoms with Crippen molar-refractivity contribution in [2.75, 3.05) is 6.61 Å². The molecule has 134 valence electrons. The van der Waals surface area contributed by atoms with E-state index in [1.165, 1.54) is 5.56 Å². The summed E-state index contributed by atoms with van der Waals surface area (Å²) in [7, 11) is 0. The van der Waals surface area contributed by atoms with Crippen molar-refractivity contribution in [3.63, 3.8) is 0 Å². The highest BCUT2D eigenvalue weighted by Gasteiger charge is 2.20. The first-order valence-electron chi connectivity index (χ1n) is 8.69. The van der Waals surface area contributed by atoms with E-state index >= 15 is 0 Å². The summed E-state index contributed by atoms with van der Waals surface area (Å²) in [5.41, 5.74) is 1.81. The second-order valence-electron chi connectivity index (χ2n) is 6.38. The van der Waals surface area contributed by atoms with E-state index < -0.39 is 0 Å². The third kappa shape index (κ3) is 3.80. The van der Waals surface area contributed by atoms with Crippen molar-refractivity contribution in [2.24, 2.45) is 0 Å². The highest BCUT2D eigenvalue weighted by molar-refractivity contribution is 7.98. The largest absolute Gasteiger partial charge is 0.376 e. The molecule has 0 spiro atoms. The number of hydrogen-bond donors (Lipinski definition) is 0. The lowest BCUT2D eigenvalue weighted by atomic mass is 10.2. The molecule has 1 aromatic heterocycles. The number of rotatable bonds is 5. The van der Waals surface area contributed by atoms with Crippen molar-refractivity contribution in [3.05, 3.63) is 69.5 Å². The number of aromatic nitrogens is 2. The molecule has 4 rings (SSSR count). The molecule has 0 radical (unpaired) electrons. The molecule has 1 aliphatic heterocycles. The number of fused-ring (bicyclic) bond motifs is 1. The molecular weight excluding hydrogens is 368 g/mol. The molecule has 0 unspecified atom stereocenters. The Labute approximate surface area is 161 Å². The molecule has 26 heavy (non-hydrogen) atoms. The van der Waals surface area contributed by atoms with Gasteiger partial charge in [0.2, 0.25) is 0 Å². The smallest absolute Gasteiger partial charge is 0.262 e. The fourth-order valence-electron chi connectivity index (χ4n) is 3.16. The maximum Gasteiger partial charge on any atom is 0.262 e. The first-order valence-corrected chi connectivity index (χ1v) is 10.1. The Bertz CT molecular complexity index is 969. The summed E-state index contributed by atoms with van der Waals surface area (Å²) < 4.78 is 7.51. The standard InChI is InChI=1S/C20H19ClN2O2S/c21-15-8-9-17-18(11-15)22-20(26-13-14-5-2-1-3-6-14)23(19(17)24)12-16-7-4-10-25-16/h1-3,5-6,8-9,11,16H,4,7,10,12-13H2/t16-/m0/s1. The van der Waals surface area contributed by atoms with E-state index in [1.54, 1.807) is 34.5 Å². The number of halogens is 1. The summed E-state index contributed by atoms with van der Waals surface area (Å²) in [6, 6.07) is 15.4. The van der Waals surface area contributed by atoms with Crippen LogP contribution in [0, 0.1) is 0 Å². The van der Waals surface area contributed by atoms with Crippen LogP contribution in [0.25, 0.3) is 10.9 Å². The van der Waals surface area contributed by atoms with E-state index in [1.807, 2.05) is 18.2 Å². The van der Waals surface area contributed by atoms with Gasteiger partial charge in [-0.1, -0.05) is 53.7 Å². The molecule has 0 N–H and O–H groups in total. The summed E-state index contributed by atoms with van der Waals surface area (Å²) >= 11 is 7.67. The normalized spacial score (nSPS) is 17.0. The number of thioether (sulfide) groups is 1. The van der Waals surface area contributed by atoms with Crippen molar-refractivity contribution in [2.45, 2.75) is 36.4 Å². The van der Waals surface area contributed by atoms with Crippen LogP contribution in [0.4, 0.5) is 0 Å². The molecule has 2 heterocycles. The maximum atomic E-state index is 13.1. The highest BCUT2D eigenvalue weighted by Crippen LogP contribution is 2.25. The molecule has 4 nitrogen and oxygen atoms in total. The van der Waals surface area contributed by atoms with E-state index in [4.69, 9.17) is 21.3 Å². The lowest BCUT2D eigenvalue weighted by Crippen LogP contribution is -2.28. The second-order valence-corrected chi connectivity index (χ2v) is 7.76. The van der Waals surface area contributed by atoms with E-state index in [-0.39, 0.29) is 11.7 Å². The average Bonchev–Trinajstić information content (AvgIpc) is 3.16. The van der Waals surface area contributed by atoms with Crippen molar-refractivity contribution in [1.29, 1.82) is 0 Å². The Balaban J connectivity index is 1.72. The molecule has 2 aromatic carbocycles. The van der Waals surface area contributed by atoms with Gasteiger partial charge < -0.3 is 4.74 Å². The van der Waals surface area contributed by atoms with E-state index in [2.05, 4.69) is 12.1 Å². The molecule has 3 aromatic rings. The Morgan fingerprint density at radius 3 is 2.85 bits per heavy atom. The van der Waals surface area contributed by atoms with Crippen LogP contribution in [0.1, 0.15) is 18.4 Å². The monoisotopic (exact) mass is 386 g/mol. The van der Waals surface area contributed by atoms with Crippen LogP contribution in [-0.4, -0.2) is 22.3 Å². The van der Waals surface area contributed by atoms with Crippen molar-refractivity contribution in [3.8, 4) is 0 Å². The van der Waals surface area contributed by atoms with Crippen LogP contribution in [0.2, 0.25) is 5.02 Å². The maximum absolute atomic E-state index is 13.1. The molecule has 0 amide bonds. The number of benzene rings is 2. The number of hydrogen-bond acceptors (Lipinski definition) is 4. The average molecular weight is 387 g/mol. The van der Waals surface area contributed by atoms with Crippen LogP contribution in [0.5, 0.6) is 0 Å². The first kappa shape index (κ1) is 17.6. The van der Waals surface area contributed by atoms with E-state index in [9.17, 15) is 4.79 Å². The van der Waals surface area contributed by atoms with Gasteiger partial charge >= 0.3 is 0 Å². The number of nitrogens with zero attached hydrogens (tertiary/aromatic N) is 2. The van der Waals surface area contributed by atoms with Crippen LogP contribution in [-0.2, 0) is 17.0 Å². The molecule has 1 saturated heterocycles. The Morgan fingerprint density at radius 2 is 2.08 bits per heavy atom. The topological polar surface area (TPSA) is 44.1 Å². The summed E-state index contributed by atoms with van der Waals surface area (Å²) in [5.74, 6) is 0.755. The molecule has 0 bridgehead atoms. The molecule has 1 aliphatic rings. The van der Waals surface area contributed by atoms with Gasteiger partial charge in [0.15, 0.2) is 5.16 Å². The van der Waals surface area contributed by atoms with Gasteiger partial charge in [0, 0.05) is 17.4 Å². The second kappa shape index (κ2) is 7.82. The van der Waals surface area contributed by atoms with Crippen molar-refractivity contribution < 1.29 is 4.74 Å². The molecule has 0 saturated carbocycles. The van der Waals surface area contributed by atoms with Crippen LogP contribution in [0.15, 0.2) is 58.5 Å². The molecular formula is C20H19ClN2O2S. The van der Waals surface area contributed by atoms with Gasteiger partial charge in [0.25, 0.3) is 5.56 Å². The van der Waals surface area contributed by atoms with Gasteiger partial charge in [-0.25, -0.2) is 4.98 Å².